The van der Waals surface area contributed by atoms with Crippen molar-refractivity contribution in [3.63, 3.8) is 0 Å². The van der Waals surface area contributed by atoms with Crippen LogP contribution in [-0.2, 0) is 6.54 Å². The highest BCUT2D eigenvalue weighted by Gasteiger charge is 2.17. The molecule has 21 heavy (non-hydrogen) atoms. The zero-order chi connectivity index (χ0) is 15.6. The molecule has 0 saturated heterocycles. The predicted molar refractivity (Wildman–Crippen MR) is 87.4 cm³/mol. The number of Topliss-reactive ketones (excluding diaryl/α,β-unsaturated/α-hetero) is 1. The van der Waals surface area contributed by atoms with Gasteiger partial charge in [-0.25, -0.2) is 0 Å². The molecular weight excluding hydrogens is 262 g/mol. The maximum atomic E-state index is 12.0. The second-order valence-corrected chi connectivity index (χ2v) is 5.68. The Morgan fingerprint density at radius 2 is 2.05 bits per heavy atom. The van der Waals surface area contributed by atoms with Crippen molar-refractivity contribution in [2.75, 3.05) is 0 Å². The van der Waals surface area contributed by atoms with Crippen LogP contribution in [0.15, 0.2) is 18.2 Å². The van der Waals surface area contributed by atoms with Crippen LogP contribution >= 0.6 is 0 Å². The first kappa shape index (κ1) is 15.6. The van der Waals surface area contributed by atoms with E-state index >= 15 is 0 Å². The Morgan fingerprint density at radius 1 is 1.33 bits per heavy atom. The van der Waals surface area contributed by atoms with Gasteiger partial charge in [-0.2, -0.15) is 0 Å². The molecule has 3 nitrogen and oxygen atoms in total. The topological polar surface area (TPSA) is 31.2 Å². The van der Waals surface area contributed by atoms with Crippen molar-refractivity contribution in [1.29, 1.82) is 0 Å². The second kappa shape index (κ2) is 6.33. The SMILES string of the molecule is CCCn1c(C)c(C(C)=O)c2cc(O[C@H](C)CC)ccc21. The smallest absolute Gasteiger partial charge is 0.162 e. The number of aryl methyl sites for hydroxylation is 1. The standard InChI is InChI=1S/C18H25NO2/c1-6-10-19-13(4)18(14(5)20)16-11-15(8-9-17(16)19)21-12(3)7-2/h8-9,11-12H,6-7,10H2,1-5H3/t12-/m1/s1. The molecule has 1 heterocycles. The van der Waals surface area contributed by atoms with Gasteiger partial charge in [-0.15, -0.1) is 0 Å². The number of hydrogen-bond acceptors (Lipinski definition) is 2. The van der Waals surface area contributed by atoms with Crippen molar-refractivity contribution >= 4 is 16.7 Å². The van der Waals surface area contributed by atoms with Crippen molar-refractivity contribution < 1.29 is 9.53 Å². The van der Waals surface area contributed by atoms with Gasteiger partial charge in [-0.1, -0.05) is 13.8 Å². The fraction of sp³-hybridized carbons (Fsp3) is 0.500. The third-order valence-electron chi connectivity index (χ3n) is 4.01. The Labute approximate surface area is 126 Å². The normalized spacial score (nSPS) is 12.6. The quantitative estimate of drug-likeness (QED) is 0.719. The van der Waals surface area contributed by atoms with E-state index < -0.39 is 0 Å². The molecule has 1 aromatic heterocycles. The van der Waals surface area contributed by atoms with Crippen molar-refractivity contribution in [3.05, 3.63) is 29.5 Å². The highest BCUT2D eigenvalue weighted by atomic mass is 16.5. The molecule has 114 valence electrons. The molecule has 1 atom stereocenters. The minimum absolute atomic E-state index is 0.119. The average Bonchev–Trinajstić information content (AvgIpc) is 2.71. The van der Waals surface area contributed by atoms with Crippen LogP contribution in [0.2, 0.25) is 0 Å². The Morgan fingerprint density at radius 3 is 2.62 bits per heavy atom. The second-order valence-electron chi connectivity index (χ2n) is 5.68. The van der Waals surface area contributed by atoms with Gasteiger partial charge in [0, 0.05) is 28.7 Å². The number of rotatable bonds is 6. The molecule has 0 radical (unpaired) electrons. The molecule has 0 N–H and O–H groups in total. The molecule has 0 spiro atoms. The van der Waals surface area contributed by atoms with E-state index in [-0.39, 0.29) is 11.9 Å². The first-order chi connectivity index (χ1) is 9.99. The number of carbonyl (C=O) groups is 1. The lowest BCUT2D eigenvalue weighted by atomic mass is 10.1. The van der Waals surface area contributed by atoms with Gasteiger partial charge >= 0.3 is 0 Å². The van der Waals surface area contributed by atoms with Crippen LogP contribution < -0.4 is 4.74 Å². The summed E-state index contributed by atoms with van der Waals surface area (Å²) in [5.74, 6) is 0.959. The summed E-state index contributed by atoms with van der Waals surface area (Å²) in [5, 5.41) is 1.01. The van der Waals surface area contributed by atoms with Gasteiger partial charge in [-0.05, 0) is 51.8 Å². The van der Waals surface area contributed by atoms with Crippen LogP contribution in [0.1, 0.15) is 56.6 Å². The molecule has 0 aliphatic carbocycles. The van der Waals surface area contributed by atoms with E-state index in [1.807, 2.05) is 19.1 Å². The van der Waals surface area contributed by atoms with Crippen molar-refractivity contribution in [1.82, 2.24) is 4.57 Å². The summed E-state index contributed by atoms with van der Waals surface area (Å²) in [4.78, 5) is 12.0. The third-order valence-corrected chi connectivity index (χ3v) is 4.01. The first-order valence-corrected chi connectivity index (χ1v) is 7.80. The monoisotopic (exact) mass is 287 g/mol. The molecule has 2 aromatic rings. The lowest BCUT2D eigenvalue weighted by Crippen LogP contribution is -2.09. The number of aromatic nitrogens is 1. The van der Waals surface area contributed by atoms with E-state index in [9.17, 15) is 4.79 Å². The van der Waals surface area contributed by atoms with E-state index in [0.29, 0.717) is 0 Å². The van der Waals surface area contributed by atoms with Crippen molar-refractivity contribution in [2.45, 2.75) is 60.1 Å². The van der Waals surface area contributed by atoms with Gasteiger partial charge in [0.05, 0.1) is 6.10 Å². The summed E-state index contributed by atoms with van der Waals surface area (Å²) >= 11 is 0. The van der Waals surface area contributed by atoms with Crippen LogP contribution in [0, 0.1) is 6.92 Å². The van der Waals surface area contributed by atoms with Crippen LogP contribution in [0.4, 0.5) is 0 Å². The zero-order valence-corrected chi connectivity index (χ0v) is 13.7. The van der Waals surface area contributed by atoms with E-state index in [1.54, 1.807) is 6.92 Å². The minimum Gasteiger partial charge on any atom is -0.491 e. The van der Waals surface area contributed by atoms with Crippen molar-refractivity contribution in [2.24, 2.45) is 0 Å². The van der Waals surface area contributed by atoms with E-state index in [4.69, 9.17) is 4.74 Å². The Balaban J connectivity index is 2.59. The fourth-order valence-corrected chi connectivity index (χ4v) is 2.81. The molecule has 0 amide bonds. The van der Waals surface area contributed by atoms with Gasteiger partial charge in [-0.3, -0.25) is 4.79 Å². The largest absolute Gasteiger partial charge is 0.491 e. The molecule has 0 aliphatic heterocycles. The van der Waals surface area contributed by atoms with E-state index in [2.05, 4.69) is 31.4 Å². The van der Waals surface area contributed by atoms with Crippen LogP contribution in [0.3, 0.4) is 0 Å². The number of ether oxygens (including phenoxy) is 1. The number of ketones is 1. The molecule has 0 bridgehead atoms. The molecular formula is C18H25NO2. The molecule has 0 fully saturated rings. The molecule has 2 rings (SSSR count). The van der Waals surface area contributed by atoms with Gasteiger partial charge in [0.2, 0.25) is 0 Å². The number of fused-ring (bicyclic) bond motifs is 1. The lowest BCUT2D eigenvalue weighted by molar-refractivity contribution is 0.101. The van der Waals surface area contributed by atoms with Gasteiger partial charge < -0.3 is 9.30 Å². The summed E-state index contributed by atoms with van der Waals surface area (Å²) in [6.45, 7) is 10.9. The van der Waals surface area contributed by atoms with E-state index in [1.165, 1.54) is 0 Å². The summed E-state index contributed by atoms with van der Waals surface area (Å²) in [6.07, 6.45) is 2.20. The lowest BCUT2D eigenvalue weighted by Gasteiger charge is -2.13. The molecule has 0 aliphatic rings. The minimum atomic E-state index is 0.119. The summed E-state index contributed by atoms with van der Waals surface area (Å²) in [5.41, 5.74) is 3.00. The molecule has 1 aromatic carbocycles. The Bertz CT molecular complexity index is 655. The Kier molecular flexibility index (Phi) is 4.71. The maximum absolute atomic E-state index is 12.0. The summed E-state index contributed by atoms with van der Waals surface area (Å²) in [7, 11) is 0. The predicted octanol–water partition coefficient (Wildman–Crippen LogP) is 4.74. The fourth-order valence-electron chi connectivity index (χ4n) is 2.81. The maximum Gasteiger partial charge on any atom is 0.162 e. The van der Waals surface area contributed by atoms with Crippen LogP contribution in [0.5, 0.6) is 5.75 Å². The third kappa shape index (κ3) is 2.97. The molecule has 0 saturated carbocycles. The summed E-state index contributed by atoms with van der Waals surface area (Å²) in [6, 6.07) is 6.09. The first-order valence-electron chi connectivity index (χ1n) is 7.80. The van der Waals surface area contributed by atoms with Gasteiger partial charge in [0.25, 0.3) is 0 Å². The highest BCUT2D eigenvalue weighted by molar-refractivity contribution is 6.08. The molecule has 0 unspecified atom stereocenters. The highest BCUT2D eigenvalue weighted by Crippen LogP contribution is 2.30. The molecule has 3 heteroatoms. The number of benzene rings is 1. The zero-order valence-electron chi connectivity index (χ0n) is 13.7. The number of carbonyl (C=O) groups excluding carboxylic acids is 1. The van der Waals surface area contributed by atoms with Crippen LogP contribution in [0.25, 0.3) is 10.9 Å². The average molecular weight is 287 g/mol. The number of nitrogens with zero attached hydrogens (tertiary/aromatic N) is 1. The summed E-state index contributed by atoms with van der Waals surface area (Å²) < 4.78 is 8.13. The number of hydrogen-bond donors (Lipinski definition) is 0. The van der Waals surface area contributed by atoms with E-state index in [0.717, 1.165) is 47.3 Å². The van der Waals surface area contributed by atoms with Crippen molar-refractivity contribution in [3.8, 4) is 5.75 Å². The Hall–Kier alpha value is -1.77. The van der Waals surface area contributed by atoms with Crippen LogP contribution in [-0.4, -0.2) is 16.5 Å². The van der Waals surface area contributed by atoms with Gasteiger partial charge in [0.15, 0.2) is 5.78 Å². The van der Waals surface area contributed by atoms with Gasteiger partial charge in [0.1, 0.15) is 5.75 Å².